The van der Waals surface area contributed by atoms with Crippen molar-refractivity contribution in [3.63, 3.8) is 0 Å². The molecule has 1 aromatic carbocycles. The molecule has 0 radical (unpaired) electrons. The van der Waals surface area contributed by atoms with E-state index in [2.05, 4.69) is 44.5 Å². The third-order valence-corrected chi connectivity index (χ3v) is 8.84. The fourth-order valence-electron chi connectivity index (χ4n) is 6.46. The van der Waals surface area contributed by atoms with Crippen molar-refractivity contribution < 1.29 is 24.2 Å². The highest BCUT2D eigenvalue weighted by atomic mass is 16.6. The summed E-state index contributed by atoms with van der Waals surface area (Å²) in [6.45, 7) is 6.58. The number of anilines is 1. The first-order valence-electron chi connectivity index (χ1n) is 14.9. The van der Waals surface area contributed by atoms with Gasteiger partial charge in [0.1, 0.15) is 17.6 Å². The number of aliphatic hydroxyl groups is 1. The summed E-state index contributed by atoms with van der Waals surface area (Å²) in [4.78, 5) is 40.4. The highest BCUT2D eigenvalue weighted by Gasteiger charge is 2.36. The van der Waals surface area contributed by atoms with E-state index in [-0.39, 0.29) is 48.3 Å². The van der Waals surface area contributed by atoms with Gasteiger partial charge in [-0.15, -0.1) is 0 Å². The van der Waals surface area contributed by atoms with Crippen molar-refractivity contribution >= 4 is 17.6 Å². The highest BCUT2D eigenvalue weighted by Crippen LogP contribution is 2.27. The summed E-state index contributed by atoms with van der Waals surface area (Å²) in [5, 5.41) is 14.6. The second-order valence-electron chi connectivity index (χ2n) is 11.6. The van der Waals surface area contributed by atoms with E-state index in [9.17, 15) is 14.7 Å². The maximum absolute atomic E-state index is 13.7. The molecule has 0 unspecified atom stereocenters. The van der Waals surface area contributed by atoms with Crippen LogP contribution in [0.25, 0.3) is 0 Å². The molecule has 2 aromatic rings. The molecular weight excluding hydrogens is 524 g/mol. The number of amides is 2. The number of ether oxygens (including phenoxy) is 2. The summed E-state index contributed by atoms with van der Waals surface area (Å²) in [5.41, 5.74) is 2.94. The Morgan fingerprint density at radius 2 is 1.80 bits per heavy atom. The lowest BCUT2D eigenvalue weighted by molar-refractivity contribution is -0.129. The zero-order valence-corrected chi connectivity index (χ0v) is 23.7. The summed E-state index contributed by atoms with van der Waals surface area (Å²) in [7, 11) is 0. The number of carbonyl (C=O) groups excluding carboxylic acids is 2. The number of aromatic nitrogens is 2. The van der Waals surface area contributed by atoms with Crippen LogP contribution in [-0.4, -0.2) is 112 Å². The van der Waals surface area contributed by atoms with Crippen molar-refractivity contribution in [1.29, 1.82) is 0 Å². The van der Waals surface area contributed by atoms with Crippen molar-refractivity contribution in [2.24, 2.45) is 0 Å². The lowest BCUT2D eigenvalue weighted by Crippen LogP contribution is -2.56. The van der Waals surface area contributed by atoms with Gasteiger partial charge in [-0.05, 0) is 36.8 Å². The average molecular weight is 565 g/mol. The Labute approximate surface area is 240 Å². The third kappa shape index (κ3) is 6.47. The first kappa shape index (κ1) is 27.9. The minimum Gasteiger partial charge on any atom is -0.458 e. The number of piperidine rings is 2. The summed E-state index contributed by atoms with van der Waals surface area (Å²) < 4.78 is 11.5. The lowest BCUT2D eigenvalue weighted by atomic mass is 9.94. The fourth-order valence-corrected chi connectivity index (χ4v) is 6.46. The molecule has 41 heavy (non-hydrogen) atoms. The number of β-amino-alcohol motifs (C(OH)–C–C–N with tert-alkyl or cyclic N) is 1. The standard InChI is InChI=1S/C30H40N6O5/c1-20(37)34-12-7-23(8-13-34)31-28-16-25(32-30(33-28)41-24-10-15-40-19-24)29(39)36-14-9-26(27(38)18-36)35-11-6-21-4-2-3-5-22(21)17-35/h2-5,16,23-24,26-27,38H,6-15,17-19H2,1H3,(H,31,32,33)/t24-,26+,27+/m0/s1. The van der Waals surface area contributed by atoms with E-state index in [4.69, 9.17) is 9.47 Å². The summed E-state index contributed by atoms with van der Waals surface area (Å²) in [6, 6.07) is 10.5. The molecule has 4 aliphatic rings. The Kier molecular flexibility index (Phi) is 8.36. The van der Waals surface area contributed by atoms with Crippen LogP contribution < -0.4 is 10.1 Å². The molecule has 3 saturated heterocycles. The number of likely N-dealkylation sites (tertiary alicyclic amines) is 2. The largest absolute Gasteiger partial charge is 0.458 e. The quantitative estimate of drug-likeness (QED) is 0.540. The molecule has 5 heterocycles. The van der Waals surface area contributed by atoms with Gasteiger partial charge in [-0.25, -0.2) is 0 Å². The zero-order valence-electron chi connectivity index (χ0n) is 23.7. The lowest BCUT2D eigenvalue weighted by Gasteiger charge is -2.43. The van der Waals surface area contributed by atoms with Crippen LogP contribution in [0.15, 0.2) is 30.3 Å². The Bertz CT molecular complexity index is 1250. The molecule has 0 saturated carbocycles. The van der Waals surface area contributed by atoms with Crippen LogP contribution in [-0.2, 0) is 22.5 Å². The van der Waals surface area contributed by atoms with Crippen molar-refractivity contribution in [2.45, 2.75) is 69.9 Å². The van der Waals surface area contributed by atoms with Gasteiger partial charge in [0.05, 0.1) is 19.3 Å². The predicted octanol–water partition coefficient (Wildman–Crippen LogP) is 1.70. The first-order chi connectivity index (χ1) is 19.9. The molecule has 2 N–H and O–H groups in total. The number of benzene rings is 1. The SMILES string of the molecule is CC(=O)N1CCC(Nc2cc(C(=O)N3CC[C@@H](N4CCc5ccccc5C4)[C@H](O)C3)nc(O[C@H]3CCOC3)n2)CC1. The first-order valence-corrected chi connectivity index (χ1v) is 14.9. The molecule has 0 bridgehead atoms. The van der Waals surface area contributed by atoms with Crippen LogP contribution in [0.2, 0.25) is 0 Å². The van der Waals surface area contributed by atoms with Crippen LogP contribution in [0, 0.1) is 0 Å². The van der Waals surface area contributed by atoms with E-state index in [1.807, 2.05) is 4.90 Å². The van der Waals surface area contributed by atoms with Gasteiger partial charge in [0.15, 0.2) is 0 Å². The van der Waals surface area contributed by atoms with Crippen molar-refractivity contribution in [2.75, 3.05) is 51.3 Å². The molecule has 3 atom stereocenters. The number of nitrogens with one attached hydrogen (secondary N) is 1. The van der Waals surface area contributed by atoms with Gasteiger partial charge in [0.2, 0.25) is 5.91 Å². The molecule has 3 fully saturated rings. The predicted molar refractivity (Wildman–Crippen MR) is 152 cm³/mol. The minimum absolute atomic E-state index is 0.0113. The third-order valence-electron chi connectivity index (χ3n) is 8.84. The van der Waals surface area contributed by atoms with Crippen LogP contribution in [0.1, 0.15) is 54.2 Å². The monoisotopic (exact) mass is 564 g/mol. The van der Waals surface area contributed by atoms with Gasteiger partial charge in [0, 0.05) is 70.8 Å². The summed E-state index contributed by atoms with van der Waals surface area (Å²) in [6.07, 6.45) is 3.20. The van der Waals surface area contributed by atoms with Gasteiger partial charge in [-0.1, -0.05) is 24.3 Å². The molecule has 11 heteroatoms. The second kappa shape index (κ2) is 12.3. The molecular formula is C30H40N6O5. The van der Waals surface area contributed by atoms with E-state index in [1.165, 1.54) is 11.1 Å². The molecule has 6 rings (SSSR count). The number of carbonyl (C=O) groups is 2. The summed E-state index contributed by atoms with van der Waals surface area (Å²) >= 11 is 0. The number of hydrogen-bond acceptors (Lipinski definition) is 9. The zero-order chi connectivity index (χ0) is 28.3. The van der Waals surface area contributed by atoms with E-state index < -0.39 is 6.10 Å². The number of rotatable bonds is 6. The molecule has 2 amide bonds. The van der Waals surface area contributed by atoms with Crippen molar-refractivity contribution in [3.05, 3.63) is 47.2 Å². The Hall–Kier alpha value is -3.28. The maximum atomic E-state index is 13.7. The molecule has 4 aliphatic heterocycles. The molecule has 0 spiro atoms. The number of aliphatic hydroxyl groups excluding tert-OH is 1. The Morgan fingerprint density at radius 1 is 1.02 bits per heavy atom. The molecule has 1 aromatic heterocycles. The number of fused-ring (bicyclic) bond motifs is 1. The smallest absolute Gasteiger partial charge is 0.319 e. The van der Waals surface area contributed by atoms with Crippen LogP contribution in [0.4, 0.5) is 5.82 Å². The van der Waals surface area contributed by atoms with E-state index in [1.54, 1.807) is 17.9 Å². The Balaban J connectivity index is 1.13. The van der Waals surface area contributed by atoms with E-state index >= 15 is 0 Å². The van der Waals surface area contributed by atoms with E-state index in [0.717, 1.165) is 38.8 Å². The van der Waals surface area contributed by atoms with Gasteiger partial charge in [-0.3, -0.25) is 14.5 Å². The number of nitrogens with zero attached hydrogens (tertiary/aromatic N) is 5. The number of hydrogen-bond donors (Lipinski definition) is 2. The topological polar surface area (TPSA) is 120 Å². The maximum Gasteiger partial charge on any atom is 0.319 e. The summed E-state index contributed by atoms with van der Waals surface area (Å²) in [5.74, 6) is 0.376. The van der Waals surface area contributed by atoms with Crippen LogP contribution in [0.3, 0.4) is 0 Å². The van der Waals surface area contributed by atoms with Crippen molar-refractivity contribution in [1.82, 2.24) is 24.7 Å². The normalized spacial score (nSPS) is 25.6. The van der Waals surface area contributed by atoms with Gasteiger partial charge in [0.25, 0.3) is 5.91 Å². The second-order valence-corrected chi connectivity index (χ2v) is 11.6. The minimum atomic E-state index is -0.643. The average Bonchev–Trinajstić information content (AvgIpc) is 3.49. The fraction of sp³-hybridized carbons (Fsp3) is 0.600. The van der Waals surface area contributed by atoms with Crippen molar-refractivity contribution in [3.8, 4) is 6.01 Å². The molecule has 11 nitrogen and oxygen atoms in total. The van der Waals surface area contributed by atoms with Crippen LogP contribution in [0.5, 0.6) is 6.01 Å². The molecule has 0 aliphatic carbocycles. The van der Waals surface area contributed by atoms with E-state index in [0.29, 0.717) is 45.1 Å². The molecule has 220 valence electrons. The highest BCUT2D eigenvalue weighted by molar-refractivity contribution is 5.93. The Morgan fingerprint density at radius 3 is 2.54 bits per heavy atom. The van der Waals surface area contributed by atoms with Gasteiger partial charge in [-0.2, -0.15) is 9.97 Å². The van der Waals surface area contributed by atoms with Crippen LogP contribution >= 0.6 is 0 Å². The van der Waals surface area contributed by atoms with Gasteiger partial charge < -0.3 is 29.7 Å². The van der Waals surface area contributed by atoms with Gasteiger partial charge >= 0.3 is 6.01 Å².